The summed E-state index contributed by atoms with van der Waals surface area (Å²) in [5, 5.41) is 8.23. The number of benzene rings is 1. The molecule has 5 rings (SSSR count). The van der Waals surface area contributed by atoms with Crippen molar-refractivity contribution in [3.05, 3.63) is 35.5 Å². The molecule has 4 heterocycles. The van der Waals surface area contributed by atoms with Gasteiger partial charge in [0, 0.05) is 31.6 Å². The molecule has 2 fully saturated rings. The standard InChI is InChI=1S/C27H33N5O6S/c1-17-25-20(27(34)28-10-5-12-31-11-4-6-24(31)33)15-21(18-7-8-22(37-2)23(14-18)38-3)29-26(25)32(30-17)19-9-13-39(35,36)16-19/h7-8,14-15,19H,4-6,9-13,16H2,1-3H3,(H,28,34). The first kappa shape index (κ1) is 26.9. The van der Waals surface area contributed by atoms with Crippen LogP contribution < -0.4 is 14.8 Å². The minimum atomic E-state index is -3.16. The molecule has 0 aliphatic carbocycles. The minimum absolute atomic E-state index is 0.0117. The highest BCUT2D eigenvalue weighted by Gasteiger charge is 2.32. The SMILES string of the molecule is COc1ccc(-c2cc(C(=O)NCCCN3CCCC3=O)c3c(C)nn(C4CCS(=O)(=O)C4)c3n2)cc1OC. The number of hydrogen-bond donors (Lipinski definition) is 1. The molecule has 1 aromatic carbocycles. The number of ether oxygens (including phenoxy) is 2. The first-order chi connectivity index (χ1) is 18.7. The van der Waals surface area contributed by atoms with Crippen LogP contribution in [0.1, 0.15) is 47.8 Å². The Hall–Kier alpha value is -3.67. The third kappa shape index (κ3) is 5.42. The average molecular weight is 556 g/mol. The zero-order valence-corrected chi connectivity index (χ0v) is 23.2. The van der Waals surface area contributed by atoms with Crippen molar-refractivity contribution in [2.24, 2.45) is 0 Å². The first-order valence-corrected chi connectivity index (χ1v) is 14.9. The highest BCUT2D eigenvalue weighted by Crippen LogP contribution is 2.35. The van der Waals surface area contributed by atoms with Gasteiger partial charge in [-0.2, -0.15) is 5.10 Å². The Labute approximate surface area is 227 Å². The molecule has 2 aromatic heterocycles. The zero-order chi connectivity index (χ0) is 27.7. The molecule has 0 radical (unpaired) electrons. The Morgan fingerprint density at radius 3 is 2.64 bits per heavy atom. The number of pyridine rings is 1. The number of carbonyl (C=O) groups is 2. The lowest BCUT2D eigenvalue weighted by atomic mass is 10.0. The number of aromatic nitrogens is 3. The maximum absolute atomic E-state index is 13.5. The predicted molar refractivity (Wildman–Crippen MR) is 146 cm³/mol. The number of carbonyl (C=O) groups excluding carboxylic acids is 2. The van der Waals surface area contributed by atoms with Crippen molar-refractivity contribution >= 4 is 32.7 Å². The minimum Gasteiger partial charge on any atom is -0.493 e. The van der Waals surface area contributed by atoms with Crippen molar-refractivity contribution in [2.45, 2.75) is 38.6 Å². The van der Waals surface area contributed by atoms with Crippen LogP contribution >= 0.6 is 0 Å². The summed E-state index contributed by atoms with van der Waals surface area (Å²) >= 11 is 0. The molecule has 2 amide bonds. The molecule has 39 heavy (non-hydrogen) atoms. The van der Waals surface area contributed by atoms with Gasteiger partial charge in [-0.05, 0) is 50.5 Å². The number of hydrogen-bond acceptors (Lipinski definition) is 8. The predicted octanol–water partition coefficient (Wildman–Crippen LogP) is 2.53. The van der Waals surface area contributed by atoms with Crippen LogP contribution in [0, 0.1) is 6.92 Å². The molecule has 12 heteroatoms. The number of aryl methyl sites for hydroxylation is 1. The number of nitrogens with one attached hydrogen (secondary N) is 1. The summed E-state index contributed by atoms with van der Waals surface area (Å²) in [7, 11) is -0.0569. The fourth-order valence-corrected chi connectivity index (χ4v) is 7.06. The van der Waals surface area contributed by atoms with Gasteiger partial charge in [-0.15, -0.1) is 0 Å². The molecule has 1 unspecified atom stereocenters. The molecule has 1 atom stereocenters. The number of rotatable bonds is 9. The van der Waals surface area contributed by atoms with Gasteiger partial charge in [0.15, 0.2) is 27.0 Å². The summed E-state index contributed by atoms with van der Waals surface area (Å²) < 4.78 is 37.0. The van der Waals surface area contributed by atoms with E-state index in [0.717, 1.165) is 13.0 Å². The summed E-state index contributed by atoms with van der Waals surface area (Å²) in [5.74, 6) is 1.05. The molecule has 2 aliphatic rings. The molecule has 208 valence electrons. The van der Waals surface area contributed by atoms with E-state index in [1.54, 1.807) is 44.0 Å². The van der Waals surface area contributed by atoms with E-state index in [0.29, 0.717) is 77.4 Å². The number of likely N-dealkylation sites (tertiary alicyclic amines) is 1. The van der Waals surface area contributed by atoms with Gasteiger partial charge < -0.3 is 19.7 Å². The van der Waals surface area contributed by atoms with Gasteiger partial charge in [0.05, 0.1) is 54.1 Å². The van der Waals surface area contributed by atoms with E-state index < -0.39 is 9.84 Å². The highest BCUT2D eigenvalue weighted by molar-refractivity contribution is 7.91. The van der Waals surface area contributed by atoms with Crippen LogP contribution in [0.3, 0.4) is 0 Å². The van der Waals surface area contributed by atoms with E-state index in [2.05, 4.69) is 10.4 Å². The number of nitrogens with zero attached hydrogens (tertiary/aromatic N) is 4. The van der Waals surface area contributed by atoms with Crippen LogP contribution in [0.5, 0.6) is 11.5 Å². The van der Waals surface area contributed by atoms with Crippen molar-refractivity contribution in [1.82, 2.24) is 25.0 Å². The van der Waals surface area contributed by atoms with Crippen LogP contribution in [-0.2, 0) is 14.6 Å². The van der Waals surface area contributed by atoms with Crippen LogP contribution in [-0.4, -0.2) is 85.3 Å². The van der Waals surface area contributed by atoms with Crippen LogP contribution in [0.4, 0.5) is 0 Å². The fourth-order valence-electron chi connectivity index (χ4n) is 5.37. The Bertz CT molecular complexity index is 1530. The molecule has 11 nitrogen and oxygen atoms in total. The quantitative estimate of drug-likeness (QED) is 0.399. The highest BCUT2D eigenvalue weighted by atomic mass is 32.2. The van der Waals surface area contributed by atoms with Crippen molar-refractivity contribution in [2.75, 3.05) is 45.4 Å². The molecule has 1 N–H and O–H groups in total. The molecular formula is C27H33N5O6S. The molecule has 0 spiro atoms. The zero-order valence-electron chi connectivity index (χ0n) is 22.4. The summed E-state index contributed by atoms with van der Waals surface area (Å²) in [6.07, 6.45) is 2.56. The van der Waals surface area contributed by atoms with Crippen LogP contribution in [0.2, 0.25) is 0 Å². The first-order valence-electron chi connectivity index (χ1n) is 13.1. The third-order valence-corrected chi connectivity index (χ3v) is 9.13. The van der Waals surface area contributed by atoms with Gasteiger partial charge in [-0.25, -0.2) is 18.1 Å². The lowest BCUT2D eigenvalue weighted by Crippen LogP contribution is -2.30. The normalized spacial score (nSPS) is 18.6. The molecule has 0 bridgehead atoms. The Kier molecular flexibility index (Phi) is 7.48. The second-order valence-corrected chi connectivity index (χ2v) is 12.2. The lowest BCUT2D eigenvalue weighted by molar-refractivity contribution is -0.127. The van der Waals surface area contributed by atoms with E-state index >= 15 is 0 Å². The van der Waals surface area contributed by atoms with Gasteiger partial charge in [0.25, 0.3) is 5.91 Å². The molecule has 3 aromatic rings. The average Bonchev–Trinajstić information content (AvgIpc) is 3.61. The molecule has 2 saturated heterocycles. The van der Waals surface area contributed by atoms with Crippen LogP contribution in [0.25, 0.3) is 22.3 Å². The molecule has 0 saturated carbocycles. The summed E-state index contributed by atoms with van der Waals surface area (Å²) in [5.41, 5.74) is 2.72. The number of fused-ring (bicyclic) bond motifs is 1. The van der Waals surface area contributed by atoms with Gasteiger partial charge >= 0.3 is 0 Å². The molecular weight excluding hydrogens is 522 g/mol. The van der Waals surface area contributed by atoms with E-state index in [-0.39, 0.29) is 29.4 Å². The fraction of sp³-hybridized carbons (Fsp3) is 0.481. The maximum Gasteiger partial charge on any atom is 0.252 e. The number of methoxy groups -OCH3 is 2. The van der Waals surface area contributed by atoms with E-state index in [9.17, 15) is 18.0 Å². The third-order valence-electron chi connectivity index (χ3n) is 7.38. The summed E-state index contributed by atoms with van der Waals surface area (Å²) in [4.78, 5) is 32.1. The Balaban J connectivity index is 1.51. The van der Waals surface area contributed by atoms with Gasteiger partial charge in [0.1, 0.15) is 0 Å². The smallest absolute Gasteiger partial charge is 0.252 e. The van der Waals surface area contributed by atoms with E-state index in [1.165, 1.54) is 0 Å². The largest absolute Gasteiger partial charge is 0.493 e. The van der Waals surface area contributed by atoms with Crippen molar-refractivity contribution in [3.63, 3.8) is 0 Å². The Morgan fingerprint density at radius 2 is 1.97 bits per heavy atom. The van der Waals surface area contributed by atoms with E-state index in [4.69, 9.17) is 14.5 Å². The summed E-state index contributed by atoms with van der Waals surface area (Å²) in [6.45, 7) is 3.58. The van der Waals surface area contributed by atoms with E-state index in [1.807, 2.05) is 11.0 Å². The second kappa shape index (κ2) is 10.8. The summed E-state index contributed by atoms with van der Waals surface area (Å²) in [6, 6.07) is 6.76. The number of amides is 2. The second-order valence-electron chi connectivity index (χ2n) is 10.0. The van der Waals surface area contributed by atoms with Crippen molar-refractivity contribution < 1.29 is 27.5 Å². The van der Waals surface area contributed by atoms with Gasteiger partial charge in [0.2, 0.25) is 5.91 Å². The van der Waals surface area contributed by atoms with Crippen LogP contribution in [0.15, 0.2) is 24.3 Å². The van der Waals surface area contributed by atoms with Crippen molar-refractivity contribution in [1.29, 1.82) is 0 Å². The monoisotopic (exact) mass is 555 g/mol. The lowest BCUT2D eigenvalue weighted by Gasteiger charge is -2.16. The van der Waals surface area contributed by atoms with Gasteiger partial charge in [-0.3, -0.25) is 9.59 Å². The molecule has 2 aliphatic heterocycles. The topological polar surface area (TPSA) is 133 Å². The van der Waals surface area contributed by atoms with Crippen molar-refractivity contribution in [3.8, 4) is 22.8 Å². The Morgan fingerprint density at radius 1 is 1.18 bits per heavy atom. The number of sulfone groups is 1. The maximum atomic E-state index is 13.5. The van der Waals surface area contributed by atoms with Gasteiger partial charge in [-0.1, -0.05) is 0 Å².